The van der Waals surface area contributed by atoms with Gasteiger partial charge < -0.3 is 10.0 Å². The smallest absolute Gasteiger partial charge is 0.303 e. The molecular weight excluding hydrogens is 308 g/mol. The molecule has 3 heterocycles. The molecule has 0 radical (unpaired) electrons. The van der Waals surface area contributed by atoms with Crippen LogP contribution in [0.5, 0.6) is 0 Å². The van der Waals surface area contributed by atoms with Gasteiger partial charge >= 0.3 is 5.97 Å². The number of hydrogen-bond donors (Lipinski definition) is 1. The molecular formula is C14H14N2O3S2. The summed E-state index contributed by atoms with van der Waals surface area (Å²) in [5.41, 5.74) is 1.49. The Morgan fingerprint density at radius 3 is 3.00 bits per heavy atom. The summed E-state index contributed by atoms with van der Waals surface area (Å²) in [6, 6.07) is 1.98. The number of aliphatic carboxylic acids is 1. The molecule has 1 N–H and O–H groups in total. The van der Waals surface area contributed by atoms with E-state index >= 15 is 0 Å². The molecule has 21 heavy (non-hydrogen) atoms. The summed E-state index contributed by atoms with van der Waals surface area (Å²) < 4.78 is 0. The summed E-state index contributed by atoms with van der Waals surface area (Å²) in [7, 11) is 0. The molecule has 1 unspecified atom stereocenters. The van der Waals surface area contributed by atoms with Gasteiger partial charge in [0.05, 0.1) is 0 Å². The van der Waals surface area contributed by atoms with Crippen LogP contribution in [-0.4, -0.2) is 40.0 Å². The van der Waals surface area contributed by atoms with E-state index in [4.69, 9.17) is 5.11 Å². The van der Waals surface area contributed by atoms with Crippen LogP contribution in [0.15, 0.2) is 22.2 Å². The van der Waals surface area contributed by atoms with E-state index in [9.17, 15) is 9.59 Å². The largest absolute Gasteiger partial charge is 0.481 e. The summed E-state index contributed by atoms with van der Waals surface area (Å²) in [6.45, 7) is 1.12. The Hall–Kier alpha value is -1.73. The Morgan fingerprint density at radius 1 is 1.43 bits per heavy atom. The molecule has 1 aliphatic heterocycles. The fourth-order valence-electron chi connectivity index (χ4n) is 2.48. The van der Waals surface area contributed by atoms with Gasteiger partial charge in [-0.1, -0.05) is 0 Å². The lowest BCUT2D eigenvalue weighted by Crippen LogP contribution is -2.29. The molecule has 0 spiro atoms. The van der Waals surface area contributed by atoms with Crippen LogP contribution in [0.3, 0.4) is 0 Å². The van der Waals surface area contributed by atoms with Crippen molar-refractivity contribution >= 4 is 34.6 Å². The molecule has 1 amide bonds. The number of thiazole rings is 1. The van der Waals surface area contributed by atoms with Gasteiger partial charge in [0.2, 0.25) is 0 Å². The Kier molecular flexibility index (Phi) is 4.03. The maximum atomic E-state index is 12.4. The lowest BCUT2D eigenvalue weighted by Gasteiger charge is -2.14. The fraction of sp³-hybridized carbons (Fsp3) is 0.357. The predicted octanol–water partition coefficient (Wildman–Crippen LogP) is 2.81. The lowest BCUT2D eigenvalue weighted by molar-refractivity contribution is -0.138. The van der Waals surface area contributed by atoms with Gasteiger partial charge in [-0.15, -0.1) is 11.3 Å². The van der Waals surface area contributed by atoms with E-state index < -0.39 is 5.97 Å². The summed E-state index contributed by atoms with van der Waals surface area (Å²) in [5.74, 6) is -0.843. The van der Waals surface area contributed by atoms with Crippen molar-refractivity contribution in [2.45, 2.75) is 12.8 Å². The summed E-state index contributed by atoms with van der Waals surface area (Å²) in [6.07, 6.45) is 0.876. The summed E-state index contributed by atoms with van der Waals surface area (Å²) in [4.78, 5) is 29.2. The van der Waals surface area contributed by atoms with Crippen LogP contribution in [0.2, 0.25) is 0 Å². The van der Waals surface area contributed by atoms with Crippen LogP contribution < -0.4 is 0 Å². The van der Waals surface area contributed by atoms with Gasteiger partial charge in [0.15, 0.2) is 0 Å². The average Bonchev–Trinajstić information content (AvgIpc) is 3.18. The second-order valence-electron chi connectivity index (χ2n) is 5.05. The molecule has 1 atom stereocenters. The number of carboxylic acids is 1. The first-order chi connectivity index (χ1) is 10.1. The normalized spacial score (nSPS) is 18.1. The van der Waals surface area contributed by atoms with E-state index in [1.165, 1.54) is 11.3 Å². The van der Waals surface area contributed by atoms with Crippen molar-refractivity contribution in [1.82, 2.24) is 9.88 Å². The topological polar surface area (TPSA) is 70.5 Å². The quantitative estimate of drug-likeness (QED) is 0.939. The van der Waals surface area contributed by atoms with Crippen LogP contribution in [-0.2, 0) is 4.79 Å². The van der Waals surface area contributed by atoms with E-state index in [-0.39, 0.29) is 18.2 Å². The highest BCUT2D eigenvalue weighted by atomic mass is 32.1. The zero-order valence-electron chi connectivity index (χ0n) is 11.2. The van der Waals surface area contributed by atoms with Crippen LogP contribution in [0.4, 0.5) is 0 Å². The van der Waals surface area contributed by atoms with E-state index in [1.807, 2.05) is 16.8 Å². The molecule has 3 rings (SSSR count). The molecule has 2 aromatic heterocycles. The third-order valence-corrected chi connectivity index (χ3v) is 5.10. The monoisotopic (exact) mass is 322 g/mol. The van der Waals surface area contributed by atoms with Crippen LogP contribution in [0.25, 0.3) is 10.6 Å². The second-order valence-corrected chi connectivity index (χ2v) is 6.69. The van der Waals surface area contributed by atoms with Crippen molar-refractivity contribution in [2.24, 2.45) is 5.92 Å². The molecule has 2 aromatic rings. The zero-order chi connectivity index (χ0) is 14.8. The molecule has 7 heteroatoms. The van der Waals surface area contributed by atoms with Crippen molar-refractivity contribution in [3.05, 3.63) is 27.9 Å². The Bertz CT molecular complexity index is 651. The maximum absolute atomic E-state index is 12.4. The van der Waals surface area contributed by atoms with Gasteiger partial charge in [0.25, 0.3) is 5.91 Å². The highest BCUT2D eigenvalue weighted by Crippen LogP contribution is 2.27. The number of thiophene rings is 1. The lowest BCUT2D eigenvalue weighted by atomic mass is 10.1. The van der Waals surface area contributed by atoms with Crippen molar-refractivity contribution in [1.29, 1.82) is 0 Å². The average molecular weight is 322 g/mol. The number of likely N-dealkylation sites (tertiary alicyclic amines) is 1. The molecule has 0 aromatic carbocycles. The molecule has 110 valence electrons. The van der Waals surface area contributed by atoms with Crippen LogP contribution in [0, 0.1) is 5.92 Å². The first-order valence-corrected chi connectivity index (χ1v) is 8.45. The molecule has 1 aliphatic rings. The van der Waals surface area contributed by atoms with E-state index in [0.717, 1.165) is 17.0 Å². The number of carbonyl (C=O) groups excluding carboxylic acids is 1. The molecule has 0 bridgehead atoms. The number of carbonyl (C=O) groups is 2. The van der Waals surface area contributed by atoms with Crippen molar-refractivity contribution in [2.75, 3.05) is 13.1 Å². The maximum Gasteiger partial charge on any atom is 0.303 e. The van der Waals surface area contributed by atoms with Crippen LogP contribution in [0.1, 0.15) is 23.3 Å². The molecule has 0 aliphatic carbocycles. The summed E-state index contributed by atoms with van der Waals surface area (Å²) in [5, 5.41) is 15.4. The third-order valence-electron chi connectivity index (χ3n) is 3.53. The van der Waals surface area contributed by atoms with E-state index in [0.29, 0.717) is 18.8 Å². The SMILES string of the molecule is O=C(O)CC1CCN(C(=O)c2csc(-c3ccsc3)n2)C1. The fourth-order valence-corrected chi connectivity index (χ4v) is 3.99. The summed E-state index contributed by atoms with van der Waals surface area (Å²) >= 11 is 3.06. The number of hydrogen-bond acceptors (Lipinski definition) is 5. The van der Waals surface area contributed by atoms with Gasteiger partial charge in [0.1, 0.15) is 10.7 Å². The Morgan fingerprint density at radius 2 is 2.29 bits per heavy atom. The predicted molar refractivity (Wildman–Crippen MR) is 81.7 cm³/mol. The molecule has 1 saturated heterocycles. The molecule has 5 nitrogen and oxygen atoms in total. The minimum Gasteiger partial charge on any atom is -0.481 e. The third kappa shape index (κ3) is 3.14. The van der Waals surface area contributed by atoms with E-state index in [1.54, 1.807) is 21.6 Å². The van der Waals surface area contributed by atoms with Gasteiger partial charge in [-0.3, -0.25) is 9.59 Å². The first kappa shape index (κ1) is 14.2. The van der Waals surface area contributed by atoms with Gasteiger partial charge in [-0.25, -0.2) is 4.98 Å². The number of carboxylic acid groups (broad SMARTS) is 1. The Balaban J connectivity index is 1.68. The first-order valence-electron chi connectivity index (χ1n) is 6.62. The van der Waals surface area contributed by atoms with Gasteiger partial charge in [0, 0.05) is 35.8 Å². The minimum atomic E-state index is -0.803. The highest BCUT2D eigenvalue weighted by Gasteiger charge is 2.29. The second kappa shape index (κ2) is 5.95. The highest BCUT2D eigenvalue weighted by molar-refractivity contribution is 7.14. The number of aromatic nitrogens is 1. The van der Waals surface area contributed by atoms with Crippen molar-refractivity contribution in [3.63, 3.8) is 0 Å². The van der Waals surface area contributed by atoms with Gasteiger partial charge in [-0.05, 0) is 23.8 Å². The number of amides is 1. The van der Waals surface area contributed by atoms with Crippen LogP contribution >= 0.6 is 22.7 Å². The number of rotatable bonds is 4. The van der Waals surface area contributed by atoms with Crippen molar-refractivity contribution in [3.8, 4) is 10.6 Å². The Labute approximate surface area is 129 Å². The van der Waals surface area contributed by atoms with E-state index in [2.05, 4.69) is 4.98 Å². The van der Waals surface area contributed by atoms with Crippen molar-refractivity contribution < 1.29 is 14.7 Å². The molecule has 1 fully saturated rings. The van der Waals surface area contributed by atoms with Gasteiger partial charge in [-0.2, -0.15) is 11.3 Å². The number of nitrogens with zero attached hydrogens (tertiary/aromatic N) is 2. The molecule has 0 saturated carbocycles. The zero-order valence-corrected chi connectivity index (χ0v) is 12.8. The standard InChI is InChI=1S/C14H14N2O3S2/c17-12(18)5-9-1-3-16(6-9)14(19)11-8-21-13(15-11)10-2-4-20-7-10/h2,4,7-9H,1,3,5-6H2,(H,17,18). The minimum absolute atomic E-state index is 0.0569.